The fourth-order valence-corrected chi connectivity index (χ4v) is 3.32. The number of hydrogen-bond acceptors (Lipinski definition) is 2. The molecule has 0 spiro atoms. The third kappa shape index (κ3) is 2.76. The van der Waals surface area contributed by atoms with Crippen LogP contribution in [0.3, 0.4) is 0 Å². The van der Waals surface area contributed by atoms with E-state index in [9.17, 15) is 0 Å². The van der Waals surface area contributed by atoms with E-state index >= 15 is 0 Å². The van der Waals surface area contributed by atoms with E-state index in [4.69, 9.17) is 4.74 Å². The fraction of sp³-hybridized carbons (Fsp3) is 0.368. The zero-order valence-corrected chi connectivity index (χ0v) is 13.1. The van der Waals surface area contributed by atoms with Gasteiger partial charge in [-0.25, -0.2) is 0 Å². The second kappa shape index (κ2) is 5.80. The molecule has 0 radical (unpaired) electrons. The number of para-hydroxylation sites is 1. The highest BCUT2D eigenvalue weighted by atomic mass is 16.5. The zero-order valence-electron chi connectivity index (χ0n) is 13.1. The van der Waals surface area contributed by atoms with Crippen LogP contribution in [0.1, 0.15) is 34.6 Å². The number of fused-ring (bicyclic) bond motifs is 1. The smallest absolute Gasteiger partial charge is 0.122 e. The number of hydrogen-bond donors (Lipinski definition) is 1. The minimum absolute atomic E-state index is 0.606. The van der Waals surface area contributed by atoms with Gasteiger partial charge in [0.2, 0.25) is 0 Å². The Labute approximate surface area is 127 Å². The summed E-state index contributed by atoms with van der Waals surface area (Å²) in [7, 11) is 1.74. The molecule has 2 aromatic carbocycles. The normalized spacial score (nSPS) is 17.0. The van der Waals surface area contributed by atoms with Crippen molar-refractivity contribution in [2.45, 2.75) is 32.6 Å². The van der Waals surface area contributed by atoms with Crippen molar-refractivity contribution >= 4 is 5.69 Å². The van der Waals surface area contributed by atoms with Crippen LogP contribution in [0.4, 0.5) is 5.69 Å². The lowest BCUT2D eigenvalue weighted by atomic mass is 9.84. The second-order valence-electron chi connectivity index (χ2n) is 5.95. The van der Waals surface area contributed by atoms with Crippen LogP contribution < -0.4 is 10.1 Å². The van der Waals surface area contributed by atoms with E-state index in [1.165, 1.54) is 34.4 Å². The molecule has 0 saturated carbocycles. The van der Waals surface area contributed by atoms with Gasteiger partial charge in [0.25, 0.3) is 0 Å². The molecule has 110 valence electrons. The lowest BCUT2D eigenvalue weighted by molar-refractivity contribution is 0.411. The molecule has 0 aromatic heterocycles. The third-order valence-electron chi connectivity index (χ3n) is 4.53. The molecule has 0 amide bonds. The van der Waals surface area contributed by atoms with Gasteiger partial charge >= 0.3 is 0 Å². The molecule has 1 aliphatic rings. The van der Waals surface area contributed by atoms with E-state index in [0.717, 1.165) is 18.7 Å². The highest BCUT2D eigenvalue weighted by Gasteiger charge is 2.20. The van der Waals surface area contributed by atoms with E-state index < -0.39 is 0 Å². The van der Waals surface area contributed by atoms with E-state index in [1.807, 2.05) is 0 Å². The molecule has 1 N–H and O–H groups in total. The average molecular weight is 281 g/mol. The van der Waals surface area contributed by atoms with Crippen LogP contribution in [-0.4, -0.2) is 13.7 Å². The summed E-state index contributed by atoms with van der Waals surface area (Å²) >= 11 is 0. The first-order valence-corrected chi connectivity index (χ1v) is 7.66. The largest absolute Gasteiger partial charge is 0.496 e. The molecule has 1 unspecified atom stereocenters. The Bertz CT molecular complexity index is 648. The van der Waals surface area contributed by atoms with Crippen LogP contribution in [0.5, 0.6) is 5.75 Å². The van der Waals surface area contributed by atoms with Crippen LogP contribution in [0, 0.1) is 13.8 Å². The molecular weight excluding hydrogens is 258 g/mol. The van der Waals surface area contributed by atoms with Crippen molar-refractivity contribution in [3.63, 3.8) is 0 Å². The van der Waals surface area contributed by atoms with Gasteiger partial charge in [0.15, 0.2) is 0 Å². The van der Waals surface area contributed by atoms with Crippen LogP contribution in [-0.2, 0) is 6.42 Å². The average Bonchev–Trinajstić information content (AvgIpc) is 2.51. The molecule has 2 heteroatoms. The van der Waals surface area contributed by atoms with Crippen molar-refractivity contribution < 1.29 is 4.74 Å². The van der Waals surface area contributed by atoms with E-state index in [-0.39, 0.29) is 0 Å². The molecule has 0 saturated heterocycles. The molecule has 3 rings (SSSR count). The Hall–Kier alpha value is -1.96. The standard InChI is InChI=1S/C19H23NO/c1-13-11-19(21-3)14(2)10-16(13)12-15-8-9-20-18-7-5-4-6-17(15)18/h4-7,10-11,15,20H,8-9,12H2,1-3H3. The highest BCUT2D eigenvalue weighted by Crippen LogP contribution is 2.35. The van der Waals surface area contributed by atoms with Crippen molar-refractivity contribution in [1.29, 1.82) is 0 Å². The van der Waals surface area contributed by atoms with Gasteiger partial charge in [0.1, 0.15) is 5.75 Å². The Morgan fingerprint density at radius 3 is 2.76 bits per heavy atom. The van der Waals surface area contributed by atoms with Crippen molar-refractivity contribution in [2.75, 3.05) is 19.0 Å². The number of benzene rings is 2. The number of aryl methyl sites for hydroxylation is 2. The maximum absolute atomic E-state index is 5.42. The molecule has 0 fully saturated rings. The summed E-state index contributed by atoms with van der Waals surface area (Å²) in [6.45, 7) is 5.37. The van der Waals surface area contributed by atoms with Crippen LogP contribution in [0.2, 0.25) is 0 Å². The molecular formula is C19H23NO. The van der Waals surface area contributed by atoms with Crippen molar-refractivity contribution in [2.24, 2.45) is 0 Å². The second-order valence-corrected chi connectivity index (χ2v) is 5.95. The summed E-state index contributed by atoms with van der Waals surface area (Å²) in [6.07, 6.45) is 2.30. The van der Waals surface area contributed by atoms with Gasteiger partial charge in [-0.15, -0.1) is 0 Å². The van der Waals surface area contributed by atoms with Gasteiger partial charge in [-0.05, 0) is 67.0 Å². The predicted octanol–water partition coefficient (Wildman–Crippen LogP) is 4.45. The Balaban J connectivity index is 1.90. The Morgan fingerprint density at radius 1 is 1.14 bits per heavy atom. The quantitative estimate of drug-likeness (QED) is 0.897. The van der Waals surface area contributed by atoms with Gasteiger partial charge in [-0.2, -0.15) is 0 Å². The SMILES string of the molecule is COc1cc(C)c(CC2CCNc3ccccc32)cc1C. The maximum Gasteiger partial charge on any atom is 0.122 e. The monoisotopic (exact) mass is 281 g/mol. The lowest BCUT2D eigenvalue weighted by Gasteiger charge is -2.27. The van der Waals surface area contributed by atoms with Gasteiger partial charge < -0.3 is 10.1 Å². The molecule has 2 nitrogen and oxygen atoms in total. The topological polar surface area (TPSA) is 21.3 Å². The number of anilines is 1. The predicted molar refractivity (Wildman–Crippen MR) is 88.5 cm³/mol. The van der Waals surface area contributed by atoms with Crippen LogP contribution in [0.25, 0.3) is 0 Å². The van der Waals surface area contributed by atoms with Gasteiger partial charge in [0.05, 0.1) is 7.11 Å². The highest BCUT2D eigenvalue weighted by molar-refractivity contribution is 5.55. The number of nitrogens with one attached hydrogen (secondary N) is 1. The van der Waals surface area contributed by atoms with E-state index in [1.54, 1.807) is 7.11 Å². The van der Waals surface area contributed by atoms with Crippen LogP contribution in [0.15, 0.2) is 36.4 Å². The minimum Gasteiger partial charge on any atom is -0.496 e. The molecule has 1 aliphatic heterocycles. The number of methoxy groups -OCH3 is 1. The lowest BCUT2D eigenvalue weighted by Crippen LogP contribution is -2.18. The first kappa shape index (κ1) is 14.0. The van der Waals surface area contributed by atoms with E-state index in [2.05, 4.69) is 55.6 Å². The summed E-state index contributed by atoms with van der Waals surface area (Å²) in [4.78, 5) is 0. The molecule has 21 heavy (non-hydrogen) atoms. The first-order chi connectivity index (χ1) is 10.2. The molecule has 0 aliphatic carbocycles. The number of rotatable bonds is 3. The van der Waals surface area contributed by atoms with Crippen LogP contribution >= 0.6 is 0 Å². The van der Waals surface area contributed by atoms with Gasteiger partial charge in [0, 0.05) is 12.2 Å². The molecule has 1 heterocycles. The van der Waals surface area contributed by atoms with Crippen molar-refractivity contribution in [3.05, 3.63) is 58.7 Å². The molecule has 0 bridgehead atoms. The zero-order chi connectivity index (χ0) is 14.8. The fourth-order valence-electron chi connectivity index (χ4n) is 3.32. The van der Waals surface area contributed by atoms with Crippen molar-refractivity contribution in [3.8, 4) is 5.75 Å². The number of ether oxygens (including phenoxy) is 1. The van der Waals surface area contributed by atoms with Gasteiger partial charge in [-0.1, -0.05) is 24.3 Å². The molecule has 1 atom stereocenters. The summed E-state index contributed by atoms with van der Waals surface area (Å²) < 4.78 is 5.42. The summed E-state index contributed by atoms with van der Waals surface area (Å²) in [5, 5.41) is 3.50. The van der Waals surface area contributed by atoms with E-state index in [0.29, 0.717) is 5.92 Å². The Kier molecular flexibility index (Phi) is 3.87. The first-order valence-electron chi connectivity index (χ1n) is 7.66. The summed E-state index contributed by atoms with van der Waals surface area (Å²) in [5.74, 6) is 1.59. The third-order valence-corrected chi connectivity index (χ3v) is 4.53. The Morgan fingerprint density at radius 2 is 1.95 bits per heavy atom. The minimum atomic E-state index is 0.606. The summed E-state index contributed by atoms with van der Waals surface area (Å²) in [5.41, 5.74) is 6.75. The maximum atomic E-state index is 5.42. The van der Waals surface area contributed by atoms with Crippen molar-refractivity contribution in [1.82, 2.24) is 0 Å². The molecule has 2 aromatic rings. The summed E-state index contributed by atoms with van der Waals surface area (Å²) in [6, 6.07) is 13.2. The van der Waals surface area contributed by atoms with Gasteiger partial charge in [-0.3, -0.25) is 0 Å².